The maximum absolute atomic E-state index is 10.4. The van der Waals surface area contributed by atoms with E-state index in [2.05, 4.69) is 15.9 Å². The Kier molecular flexibility index (Phi) is 4.48. The van der Waals surface area contributed by atoms with Crippen molar-refractivity contribution in [2.24, 2.45) is 0 Å². The first-order valence-electron chi connectivity index (χ1n) is 4.17. The summed E-state index contributed by atoms with van der Waals surface area (Å²) in [7, 11) is 0. The first-order valence-corrected chi connectivity index (χ1v) is 6.19. The van der Waals surface area contributed by atoms with Gasteiger partial charge in [-0.2, -0.15) is 0 Å². The van der Waals surface area contributed by atoms with E-state index < -0.39 is 5.97 Å². The molecule has 0 bridgehead atoms. The van der Waals surface area contributed by atoms with E-state index in [1.807, 2.05) is 24.5 Å². The standard InChI is InChI=1S/C10H11BrO2S/c1-14-9-5-7(2-3-10(12)13)4-8(11)6-9/h4-6H,2-3H2,1H3,(H,12,13). The molecule has 0 radical (unpaired) electrons. The van der Waals surface area contributed by atoms with Crippen LogP contribution in [0.2, 0.25) is 0 Å². The van der Waals surface area contributed by atoms with Gasteiger partial charge in [0.05, 0.1) is 0 Å². The van der Waals surface area contributed by atoms with Crippen LogP contribution in [0, 0.1) is 0 Å². The molecule has 0 unspecified atom stereocenters. The normalized spacial score (nSPS) is 10.1. The molecule has 1 N–H and O–H groups in total. The zero-order chi connectivity index (χ0) is 10.6. The second-order valence-electron chi connectivity index (χ2n) is 2.89. The minimum Gasteiger partial charge on any atom is -0.481 e. The van der Waals surface area contributed by atoms with Crippen LogP contribution in [-0.4, -0.2) is 17.3 Å². The number of thioether (sulfide) groups is 1. The van der Waals surface area contributed by atoms with Crippen molar-refractivity contribution in [1.82, 2.24) is 0 Å². The number of carboxylic acids is 1. The molecule has 0 fully saturated rings. The van der Waals surface area contributed by atoms with E-state index in [0.717, 1.165) is 14.9 Å². The van der Waals surface area contributed by atoms with Gasteiger partial charge in [0.15, 0.2) is 0 Å². The van der Waals surface area contributed by atoms with Crippen molar-refractivity contribution in [1.29, 1.82) is 0 Å². The monoisotopic (exact) mass is 274 g/mol. The summed E-state index contributed by atoms with van der Waals surface area (Å²) in [6.07, 6.45) is 2.77. The lowest BCUT2D eigenvalue weighted by Crippen LogP contribution is -1.97. The van der Waals surface area contributed by atoms with Gasteiger partial charge in [0, 0.05) is 15.8 Å². The van der Waals surface area contributed by atoms with Gasteiger partial charge in [0.2, 0.25) is 0 Å². The van der Waals surface area contributed by atoms with Crippen molar-refractivity contribution >= 4 is 33.7 Å². The molecule has 0 aromatic heterocycles. The summed E-state index contributed by atoms with van der Waals surface area (Å²) in [6, 6.07) is 6.01. The SMILES string of the molecule is CSc1cc(Br)cc(CCC(=O)O)c1. The van der Waals surface area contributed by atoms with Gasteiger partial charge >= 0.3 is 5.97 Å². The Hall–Kier alpha value is -0.480. The maximum atomic E-state index is 10.4. The molecular formula is C10H11BrO2S. The number of carboxylic acid groups (broad SMARTS) is 1. The molecule has 0 heterocycles. The third kappa shape index (κ3) is 3.72. The zero-order valence-electron chi connectivity index (χ0n) is 7.79. The van der Waals surface area contributed by atoms with E-state index in [1.165, 1.54) is 0 Å². The number of aliphatic carboxylic acids is 1. The average Bonchev–Trinajstić information content (AvgIpc) is 2.14. The van der Waals surface area contributed by atoms with E-state index in [0.29, 0.717) is 6.42 Å². The van der Waals surface area contributed by atoms with Gasteiger partial charge in [0.25, 0.3) is 0 Å². The second-order valence-corrected chi connectivity index (χ2v) is 4.69. The Morgan fingerprint density at radius 2 is 2.21 bits per heavy atom. The fourth-order valence-electron chi connectivity index (χ4n) is 1.13. The number of aryl methyl sites for hydroxylation is 1. The van der Waals surface area contributed by atoms with Crippen LogP contribution in [0.15, 0.2) is 27.6 Å². The summed E-state index contributed by atoms with van der Waals surface area (Å²) in [6.45, 7) is 0. The first kappa shape index (κ1) is 11.6. The van der Waals surface area contributed by atoms with Crippen LogP contribution in [0.1, 0.15) is 12.0 Å². The molecule has 4 heteroatoms. The molecular weight excluding hydrogens is 264 g/mol. The van der Waals surface area contributed by atoms with Crippen molar-refractivity contribution in [2.75, 3.05) is 6.26 Å². The number of rotatable bonds is 4. The smallest absolute Gasteiger partial charge is 0.303 e. The Morgan fingerprint density at radius 1 is 1.50 bits per heavy atom. The lowest BCUT2D eigenvalue weighted by atomic mass is 10.1. The van der Waals surface area contributed by atoms with Gasteiger partial charge in [-0.1, -0.05) is 15.9 Å². The Balaban J connectivity index is 2.76. The number of hydrogen-bond donors (Lipinski definition) is 1. The predicted molar refractivity (Wildman–Crippen MR) is 61.9 cm³/mol. The van der Waals surface area contributed by atoms with Crippen LogP contribution in [0.5, 0.6) is 0 Å². The molecule has 0 spiro atoms. The van der Waals surface area contributed by atoms with Crippen molar-refractivity contribution in [3.63, 3.8) is 0 Å². The van der Waals surface area contributed by atoms with Crippen molar-refractivity contribution in [3.8, 4) is 0 Å². The molecule has 0 aliphatic carbocycles. The number of benzene rings is 1. The molecule has 0 atom stereocenters. The fourth-order valence-corrected chi connectivity index (χ4v) is 2.34. The molecule has 0 saturated carbocycles. The van der Waals surface area contributed by atoms with Gasteiger partial charge in [-0.3, -0.25) is 4.79 Å². The summed E-state index contributed by atoms with van der Waals surface area (Å²) < 4.78 is 1.00. The van der Waals surface area contributed by atoms with Crippen LogP contribution >= 0.6 is 27.7 Å². The van der Waals surface area contributed by atoms with E-state index in [9.17, 15) is 4.79 Å². The van der Waals surface area contributed by atoms with E-state index >= 15 is 0 Å². The summed E-state index contributed by atoms with van der Waals surface area (Å²) >= 11 is 5.05. The average molecular weight is 275 g/mol. The van der Waals surface area contributed by atoms with Gasteiger partial charge in [0.1, 0.15) is 0 Å². The highest BCUT2D eigenvalue weighted by Gasteiger charge is 2.02. The van der Waals surface area contributed by atoms with E-state index in [4.69, 9.17) is 5.11 Å². The largest absolute Gasteiger partial charge is 0.481 e. The van der Waals surface area contributed by atoms with Crippen LogP contribution in [-0.2, 0) is 11.2 Å². The maximum Gasteiger partial charge on any atom is 0.303 e. The molecule has 2 nitrogen and oxygen atoms in total. The second kappa shape index (κ2) is 5.41. The third-order valence-electron chi connectivity index (χ3n) is 1.79. The highest BCUT2D eigenvalue weighted by Crippen LogP contribution is 2.23. The van der Waals surface area contributed by atoms with Crippen molar-refractivity contribution in [3.05, 3.63) is 28.2 Å². The van der Waals surface area contributed by atoms with Gasteiger partial charge in [-0.25, -0.2) is 0 Å². The molecule has 1 rings (SSSR count). The molecule has 76 valence electrons. The number of hydrogen-bond acceptors (Lipinski definition) is 2. The van der Waals surface area contributed by atoms with Gasteiger partial charge < -0.3 is 5.11 Å². The van der Waals surface area contributed by atoms with Crippen molar-refractivity contribution < 1.29 is 9.90 Å². The molecule has 0 amide bonds. The highest BCUT2D eigenvalue weighted by molar-refractivity contribution is 9.10. The van der Waals surface area contributed by atoms with Crippen LogP contribution in [0.3, 0.4) is 0 Å². The third-order valence-corrected chi connectivity index (χ3v) is 2.96. The Labute approximate surface area is 95.8 Å². The predicted octanol–water partition coefficient (Wildman–Crippen LogP) is 3.19. The lowest BCUT2D eigenvalue weighted by molar-refractivity contribution is -0.136. The summed E-state index contributed by atoms with van der Waals surface area (Å²) in [5.41, 5.74) is 1.06. The molecule has 0 aliphatic rings. The van der Waals surface area contributed by atoms with Crippen LogP contribution in [0.4, 0.5) is 0 Å². The molecule has 1 aromatic carbocycles. The number of halogens is 1. The first-order chi connectivity index (χ1) is 6.61. The van der Waals surface area contributed by atoms with E-state index in [-0.39, 0.29) is 6.42 Å². The summed E-state index contributed by atoms with van der Waals surface area (Å²) in [4.78, 5) is 11.5. The summed E-state index contributed by atoms with van der Waals surface area (Å²) in [5, 5.41) is 8.55. The molecule has 14 heavy (non-hydrogen) atoms. The van der Waals surface area contributed by atoms with Crippen LogP contribution in [0.25, 0.3) is 0 Å². The summed E-state index contributed by atoms with van der Waals surface area (Å²) in [5.74, 6) is -0.754. The highest BCUT2D eigenvalue weighted by atomic mass is 79.9. The molecule has 0 saturated heterocycles. The number of carbonyl (C=O) groups is 1. The zero-order valence-corrected chi connectivity index (χ0v) is 10.2. The van der Waals surface area contributed by atoms with E-state index in [1.54, 1.807) is 11.8 Å². The quantitative estimate of drug-likeness (QED) is 0.857. The minimum absolute atomic E-state index is 0.185. The van der Waals surface area contributed by atoms with Crippen molar-refractivity contribution in [2.45, 2.75) is 17.7 Å². The fraction of sp³-hybridized carbons (Fsp3) is 0.300. The Bertz CT molecular complexity index is 339. The lowest BCUT2D eigenvalue weighted by Gasteiger charge is -2.03. The topological polar surface area (TPSA) is 37.3 Å². The minimum atomic E-state index is -0.754. The van der Waals surface area contributed by atoms with Gasteiger partial charge in [-0.05, 0) is 36.4 Å². The Morgan fingerprint density at radius 3 is 2.79 bits per heavy atom. The van der Waals surface area contributed by atoms with Crippen LogP contribution < -0.4 is 0 Å². The molecule has 0 aliphatic heterocycles. The van der Waals surface area contributed by atoms with Gasteiger partial charge in [-0.15, -0.1) is 11.8 Å². The molecule has 1 aromatic rings.